The Morgan fingerprint density at radius 1 is 1.10 bits per heavy atom. The molecule has 0 atom stereocenters. The number of nitrogens with zero attached hydrogens (tertiary/aromatic N) is 3. The van der Waals surface area contributed by atoms with Crippen LogP contribution in [0.2, 0.25) is 0 Å². The van der Waals surface area contributed by atoms with Gasteiger partial charge in [0.2, 0.25) is 0 Å². The predicted octanol–water partition coefficient (Wildman–Crippen LogP) is 2.45. The number of pyridine rings is 1. The van der Waals surface area contributed by atoms with Gasteiger partial charge in [-0.05, 0) is 23.9 Å². The van der Waals surface area contributed by atoms with Crippen molar-refractivity contribution < 1.29 is 30.0 Å². The molecular formula is C15H12IrN3O2-. The normalized spacial score (nSPS) is 8.95. The van der Waals surface area contributed by atoms with Crippen molar-refractivity contribution in [1.82, 2.24) is 14.8 Å². The third-order valence-corrected chi connectivity index (χ3v) is 2.33. The number of hydrogen-bond donors (Lipinski definition) is 1. The molecule has 3 aromatic rings. The topological polar surface area (TPSA) is 68.0 Å². The fourth-order valence-electron chi connectivity index (χ4n) is 1.43. The zero-order valence-electron chi connectivity index (χ0n) is 10.9. The number of hydrogen-bond acceptors (Lipinski definition) is 3. The number of para-hydroxylation sites is 1. The minimum atomic E-state index is -0.990. The minimum Gasteiger partial charge on any atom is -0.477 e. The van der Waals surface area contributed by atoms with E-state index in [4.69, 9.17) is 5.11 Å². The Morgan fingerprint density at radius 2 is 1.90 bits per heavy atom. The number of carboxylic acid groups (broad SMARTS) is 1. The molecule has 0 unspecified atom stereocenters. The van der Waals surface area contributed by atoms with Gasteiger partial charge in [0.15, 0.2) is 0 Å². The van der Waals surface area contributed by atoms with E-state index in [-0.39, 0.29) is 25.8 Å². The number of aromatic carboxylic acids is 1. The van der Waals surface area contributed by atoms with Crippen molar-refractivity contribution >= 4 is 5.97 Å². The largest absolute Gasteiger partial charge is 0.477 e. The number of carbonyl (C=O) groups is 1. The van der Waals surface area contributed by atoms with Gasteiger partial charge in [-0.15, -0.1) is 6.07 Å². The fraction of sp³-hybridized carbons (Fsp3) is 0. The van der Waals surface area contributed by atoms with Crippen LogP contribution in [0.3, 0.4) is 0 Å². The average molecular weight is 458 g/mol. The third kappa shape index (κ3) is 5.30. The first-order valence-corrected chi connectivity index (χ1v) is 5.88. The molecular weight excluding hydrogens is 446 g/mol. The number of rotatable bonds is 2. The quantitative estimate of drug-likeness (QED) is 0.599. The summed E-state index contributed by atoms with van der Waals surface area (Å²) in [5.41, 5.74) is 1.05. The maximum atomic E-state index is 10.1. The van der Waals surface area contributed by atoms with E-state index < -0.39 is 5.97 Å². The van der Waals surface area contributed by atoms with Gasteiger partial charge < -0.3 is 5.11 Å². The van der Waals surface area contributed by atoms with Gasteiger partial charge in [-0.3, -0.25) is 4.68 Å². The molecule has 0 bridgehead atoms. The molecule has 1 radical (unpaired) electrons. The van der Waals surface area contributed by atoms with Crippen molar-refractivity contribution in [1.29, 1.82) is 0 Å². The maximum Gasteiger partial charge on any atom is 0.354 e. The van der Waals surface area contributed by atoms with Crippen LogP contribution in [0.15, 0.2) is 67.1 Å². The van der Waals surface area contributed by atoms with Crippen LogP contribution < -0.4 is 0 Å². The van der Waals surface area contributed by atoms with Gasteiger partial charge in [0.05, 0.1) is 0 Å². The zero-order chi connectivity index (χ0) is 14.2. The standard InChI is InChI=1S/C9H7N2.C6H5NO2.Ir/c1-2-5-9(6-3-1)11-8-4-7-10-11;8-6(9)5-3-1-2-4-7-5;/h1-5,7-8H;1-4H,(H,8,9);/q-1;;. The maximum absolute atomic E-state index is 10.1. The Labute approximate surface area is 135 Å². The molecule has 0 aliphatic heterocycles. The molecule has 0 saturated heterocycles. The minimum absolute atomic E-state index is 0. The number of aromatic nitrogens is 3. The van der Waals surface area contributed by atoms with Crippen LogP contribution in [0.25, 0.3) is 5.69 Å². The summed E-state index contributed by atoms with van der Waals surface area (Å²) in [6, 6.07) is 17.5. The summed E-state index contributed by atoms with van der Waals surface area (Å²) >= 11 is 0. The molecule has 21 heavy (non-hydrogen) atoms. The second kappa shape index (κ2) is 8.79. The van der Waals surface area contributed by atoms with E-state index in [0.29, 0.717) is 0 Å². The zero-order valence-corrected chi connectivity index (χ0v) is 13.3. The third-order valence-electron chi connectivity index (χ3n) is 2.33. The van der Waals surface area contributed by atoms with Gasteiger partial charge in [0.1, 0.15) is 5.69 Å². The van der Waals surface area contributed by atoms with E-state index in [1.54, 1.807) is 23.0 Å². The van der Waals surface area contributed by atoms with E-state index in [9.17, 15) is 4.79 Å². The summed E-state index contributed by atoms with van der Waals surface area (Å²) in [6.07, 6.45) is 5.09. The van der Waals surface area contributed by atoms with Crippen molar-refractivity contribution in [2.45, 2.75) is 0 Å². The van der Waals surface area contributed by atoms with Crippen LogP contribution >= 0.6 is 0 Å². The van der Waals surface area contributed by atoms with Gasteiger partial charge in [-0.2, -0.15) is 29.4 Å². The molecule has 0 fully saturated rings. The van der Waals surface area contributed by atoms with Crippen molar-refractivity contribution in [2.75, 3.05) is 0 Å². The summed E-state index contributed by atoms with van der Waals surface area (Å²) in [5.74, 6) is -0.990. The molecule has 109 valence electrons. The predicted molar refractivity (Wildman–Crippen MR) is 73.6 cm³/mol. The fourth-order valence-corrected chi connectivity index (χ4v) is 1.43. The first kappa shape index (κ1) is 16.8. The molecule has 0 saturated carbocycles. The van der Waals surface area contributed by atoms with Gasteiger partial charge in [0, 0.05) is 38.7 Å². The van der Waals surface area contributed by atoms with Crippen LogP contribution in [0.1, 0.15) is 10.5 Å². The van der Waals surface area contributed by atoms with E-state index in [1.807, 2.05) is 36.5 Å². The summed E-state index contributed by atoms with van der Waals surface area (Å²) in [6.45, 7) is 0. The van der Waals surface area contributed by atoms with E-state index >= 15 is 0 Å². The monoisotopic (exact) mass is 459 g/mol. The molecule has 2 aromatic heterocycles. The first-order chi connectivity index (χ1) is 9.77. The molecule has 1 aromatic carbocycles. The first-order valence-electron chi connectivity index (χ1n) is 5.88. The molecule has 0 aliphatic carbocycles. The molecule has 0 amide bonds. The van der Waals surface area contributed by atoms with Gasteiger partial charge >= 0.3 is 5.97 Å². The molecule has 3 rings (SSSR count). The Balaban J connectivity index is 0.000000205. The molecule has 0 aliphatic rings. The summed E-state index contributed by atoms with van der Waals surface area (Å²) in [5, 5.41) is 12.4. The van der Waals surface area contributed by atoms with E-state index in [2.05, 4.69) is 16.1 Å². The molecule has 2 heterocycles. The summed E-state index contributed by atoms with van der Waals surface area (Å²) < 4.78 is 1.78. The van der Waals surface area contributed by atoms with Crippen molar-refractivity contribution in [3.63, 3.8) is 0 Å². The second-order valence-corrected chi connectivity index (χ2v) is 3.72. The second-order valence-electron chi connectivity index (χ2n) is 3.72. The Bertz CT molecular complexity index is 643. The molecule has 5 nitrogen and oxygen atoms in total. The Hall–Kier alpha value is -2.30. The number of benzene rings is 1. The Kier molecular flexibility index (Phi) is 7.01. The van der Waals surface area contributed by atoms with Crippen molar-refractivity contribution in [2.24, 2.45) is 0 Å². The molecule has 0 spiro atoms. The average Bonchev–Trinajstić information content (AvgIpc) is 3.04. The van der Waals surface area contributed by atoms with E-state index in [0.717, 1.165) is 5.69 Å². The van der Waals surface area contributed by atoms with Crippen LogP contribution in [-0.2, 0) is 20.1 Å². The summed E-state index contributed by atoms with van der Waals surface area (Å²) in [4.78, 5) is 13.7. The summed E-state index contributed by atoms with van der Waals surface area (Å²) in [7, 11) is 0. The van der Waals surface area contributed by atoms with Gasteiger partial charge in [0.25, 0.3) is 0 Å². The molecule has 6 heteroatoms. The van der Waals surface area contributed by atoms with Crippen LogP contribution in [0.4, 0.5) is 0 Å². The van der Waals surface area contributed by atoms with Crippen molar-refractivity contribution in [3.8, 4) is 5.69 Å². The van der Waals surface area contributed by atoms with Crippen molar-refractivity contribution in [3.05, 3.63) is 78.9 Å². The van der Waals surface area contributed by atoms with Gasteiger partial charge in [-0.25, -0.2) is 9.78 Å². The van der Waals surface area contributed by atoms with Crippen LogP contribution in [0.5, 0.6) is 0 Å². The van der Waals surface area contributed by atoms with Crippen LogP contribution in [-0.4, -0.2) is 25.8 Å². The molecule has 1 N–H and O–H groups in total. The number of carboxylic acids is 1. The Morgan fingerprint density at radius 3 is 2.38 bits per heavy atom. The van der Waals surface area contributed by atoms with E-state index in [1.165, 1.54) is 12.3 Å². The SMILES string of the molecule is O=C(O)c1ccccn1.[Ir].[c-]1ccccc1-n1cccn1. The van der Waals surface area contributed by atoms with Crippen LogP contribution in [0, 0.1) is 6.07 Å². The van der Waals surface area contributed by atoms with Gasteiger partial charge in [-0.1, -0.05) is 6.07 Å². The smallest absolute Gasteiger partial charge is 0.354 e.